The fourth-order valence-corrected chi connectivity index (χ4v) is 6.91. The average molecular weight is 650 g/mol. The van der Waals surface area contributed by atoms with Crippen LogP contribution in [0, 0.1) is 5.92 Å². The number of amides is 2. The Hall–Kier alpha value is -4.43. The van der Waals surface area contributed by atoms with E-state index in [9.17, 15) is 14.4 Å². The van der Waals surface area contributed by atoms with Gasteiger partial charge in [0, 0.05) is 57.4 Å². The Morgan fingerprint density at radius 3 is 2.35 bits per heavy atom. The number of hydrogen-bond acceptors (Lipinski definition) is 5. The molecule has 6 rings (SSSR count). The molecule has 4 aromatic rings. The summed E-state index contributed by atoms with van der Waals surface area (Å²) in [5.41, 5.74) is 4.51. The zero-order chi connectivity index (χ0) is 33.8. The molecule has 8 heteroatoms. The maximum atomic E-state index is 14.9. The Kier molecular flexibility index (Phi) is 10.0. The SMILES string of the molecule is COCCCC(=O)n1cc(CN(C(=O)[C@H]2CN(C(=O)OC(C)(C)C)CC[C@@H]2c2cccc(-c3ccccc3)c2)C2CC2)c2ccccc21. The van der Waals surface area contributed by atoms with Crippen LogP contribution in [0.2, 0.25) is 0 Å². The van der Waals surface area contributed by atoms with Gasteiger partial charge in [-0.15, -0.1) is 0 Å². The van der Waals surface area contributed by atoms with Gasteiger partial charge in [0.15, 0.2) is 0 Å². The first-order valence-corrected chi connectivity index (χ1v) is 17.2. The molecule has 0 spiro atoms. The van der Waals surface area contributed by atoms with Crippen molar-refractivity contribution in [3.63, 3.8) is 0 Å². The van der Waals surface area contributed by atoms with E-state index in [4.69, 9.17) is 9.47 Å². The standard InChI is InChI=1S/C40H47N3O5/c1-40(2,3)48-39(46)41-22-21-33(30-15-10-14-29(24-30)28-12-6-5-7-13-28)35(27-41)38(45)42(32-19-20-32)25-31-26-43(37(44)18-11-23-47-4)36-17-9-8-16-34(31)36/h5-10,12-17,24,26,32-33,35H,11,18-23,25,27H2,1-4H3/t33-,35+/m1/s1. The van der Waals surface area contributed by atoms with Crippen LogP contribution in [0.4, 0.5) is 4.79 Å². The van der Waals surface area contributed by atoms with Crippen LogP contribution in [0.3, 0.4) is 0 Å². The highest BCUT2D eigenvalue weighted by Crippen LogP contribution is 2.40. The highest BCUT2D eigenvalue weighted by Gasteiger charge is 2.43. The second kappa shape index (κ2) is 14.4. The molecule has 1 saturated heterocycles. The number of fused-ring (bicyclic) bond motifs is 1. The number of piperidine rings is 1. The first-order chi connectivity index (χ1) is 23.1. The lowest BCUT2D eigenvalue weighted by molar-refractivity contribution is -0.139. The minimum absolute atomic E-state index is 0.0115. The maximum absolute atomic E-state index is 14.9. The molecule has 2 atom stereocenters. The highest BCUT2D eigenvalue weighted by molar-refractivity contribution is 5.95. The summed E-state index contributed by atoms with van der Waals surface area (Å²) in [6.45, 7) is 7.33. The van der Waals surface area contributed by atoms with Gasteiger partial charge in [0.2, 0.25) is 11.8 Å². The Morgan fingerprint density at radius 1 is 0.896 bits per heavy atom. The summed E-state index contributed by atoms with van der Waals surface area (Å²) < 4.78 is 12.7. The van der Waals surface area contributed by atoms with E-state index in [1.54, 1.807) is 16.6 Å². The largest absolute Gasteiger partial charge is 0.444 e. The van der Waals surface area contributed by atoms with Gasteiger partial charge in [-0.1, -0.05) is 72.8 Å². The summed E-state index contributed by atoms with van der Waals surface area (Å²) in [6.07, 6.45) is 5.09. The van der Waals surface area contributed by atoms with Crippen molar-refractivity contribution in [1.29, 1.82) is 0 Å². The van der Waals surface area contributed by atoms with Crippen LogP contribution >= 0.6 is 0 Å². The number of nitrogens with zero attached hydrogens (tertiary/aromatic N) is 3. The van der Waals surface area contributed by atoms with Gasteiger partial charge >= 0.3 is 6.09 Å². The topological polar surface area (TPSA) is 81.1 Å². The van der Waals surface area contributed by atoms with Crippen molar-refractivity contribution in [2.45, 2.75) is 77.0 Å². The smallest absolute Gasteiger partial charge is 0.410 e. The van der Waals surface area contributed by atoms with E-state index in [1.807, 2.05) is 74.3 Å². The fraction of sp³-hybridized carbons (Fsp3) is 0.425. The predicted molar refractivity (Wildman–Crippen MR) is 188 cm³/mol. The van der Waals surface area contributed by atoms with E-state index in [0.29, 0.717) is 39.0 Å². The number of hydrogen-bond donors (Lipinski definition) is 0. The molecule has 3 aromatic carbocycles. The summed E-state index contributed by atoms with van der Waals surface area (Å²) in [5.74, 6) is -0.451. The molecule has 0 N–H and O–H groups in total. The summed E-state index contributed by atoms with van der Waals surface area (Å²) in [5, 5.41) is 0.974. The zero-order valence-corrected chi connectivity index (χ0v) is 28.6. The number of carbonyl (C=O) groups excluding carboxylic acids is 3. The van der Waals surface area contributed by atoms with Crippen LogP contribution in [-0.4, -0.2) is 70.7 Å². The van der Waals surface area contributed by atoms with Crippen LogP contribution in [0.25, 0.3) is 22.0 Å². The quantitative estimate of drug-likeness (QED) is 0.163. The number of rotatable bonds is 10. The monoisotopic (exact) mass is 649 g/mol. The van der Waals surface area contributed by atoms with Gasteiger partial charge in [-0.3, -0.25) is 14.2 Å². The molecule has 0 radical (unpaired) electrons. The first-order valence-electron chi connectivity index (χ1n) is 17.2. The van der Waals surface area contributed by atoms with Gasteiger partial charge in [-0.05, 0) is 80.7 Å². The number of aromatic nitrogens is 1. The molecule has 1 aliphatic heterocycles. The third kappa shape index (κ3) is 7.65. The predicted octanol–water partition coefficient (Wildman–Crippen LogP) is 7.91. The van der Waals surface area contributed by atoms with E-state index < -0.39 is 11.5 Å². The Balaban J connectivity index is 1.32. The Morgan fingerprint density at radius 2 is 1.62 bits per heavy atom. The zero-order valence-electron chi connectivity index (χ0n) is 28.6. The average Bonchev–Trinajstić information content (AvgIpc) is 3.87. The molecule has 2 fully saturated rings. The number of para-hydroxylation sites is 1. The van der Waals surface area contributed by atoms with Crippen molar-refractivity contribution in [2.24, 2.45) is 5.92 Å². The molecule has 0 bridgehead atoms. The summed E-state index contributed by atoms with van der Waals surface area (Å²) in [7, 11) is 1.64. The maximum Gasteiger partial charge on any atom is 0.410 e. The molecule has 0 unspecified atom stereocenters. The number of carbonyl (C=O) groups is 3. The minimum atomic E-state index is -0.632. The third-order valence-corrected chi connectivity index (χ3v) is 9.42. The molecular weight excluding hydrogens is 602 g/mol. The van der Waals surface area contributed by atoms with Crippen molar-refractivity contribution in [1.82, 2.24) is 14.4 Å². The molecule has 48 heavy (non-hydrogen) atoms. The fourth-order valence-electron chi connectivity index (χ4n) is 6.91. The highest BCUT2D eigenvalue weighted by atomic mass is 16.6. The van der Waals surface area contributed by atoms with Gasteiger partial charge in [0.25, 0.3) is 0 Å². The first kappa shape index (κ1) is 33.5. The lowest BCUT2D eigenvalue weighted by Crippen LogP contribution is -2.51. The van der Waals surface area contributed by atoms with Crippen molar-refractivity contribution >= 4 is 28.8 Å². The van der Waals surface area contributed by atoms with Crippen molar-refractivity contribution in [3.8, 4) is 11.1 Å². The number of methoxy groups -OCH3 is 1. The molecule has 8 nitrogen and oxygen atoms in total. The van der Waals surface area contributed by atoms with E-state index >= 15 is 0 Å². The van der Waals surface area contributed by atoms with Gasteiger partial charge in [-0.25, -0.2) is 4.79 Å². The van der Waals surface area contributed by atoms with Crippen molar-refractivity contribution in [2.75, 3.05) is 26.8 Å². The second-order valence-electron chi connectivity index (χ2n) is 14.1. The van der Waals surface area contributed by atoms with E-state index in [-0.39, 0.29) is 36.4 Å². The molecule has 1 saturated carbocycles. The van der Waals surface area contributed by atoms with Crippen molar-refractivity contribution in [3.05, 3.63) is 96.2 Å². The van der Waals surface area contributed by atoms with E-state index in [2.05, 4.69) is 36.4 Å². The molecule has 252 valence electrons. The molecular formula is C40H47N3O5. The van der Waals surface area contributed by atoms with E-state index in [1.165, 1.54) is 0 Å². The van der Waals surface area contributed by atoms with Crippen LogP contribution in [0.1, 0.15) is 74.7 Å². The second-order valence-corrected chi connectivity index (χ2v) is 14.1. The number of benzene rings is 3. The van der Waals surface area contributed by atoms with Gasteiger partial charge < -0.3 is 19.3 Å². The van der Waals surface area contributed by atoms with Crippen LogP contribution in [0.5, 0.6) is 0 Å². The number of likely N-dealkylation sites (tertiary alicyclic amines) is 1. The van der Waals surface area contributed by atoms with Crippen LogP contribution in [-0.2, 0) is 20.8 Å². The molecule has 1 aliphatic carbocycles. The molecule has 1 aromatic heterocycles. The summed E-state index contributed by atoms with van der Waals surface area (Å²) in [4.78, 5) is 45.2. The molecule has 2 aliphatic rings. The van der Waals surface area contributed by atoms with Gasteiger partial charge in [0.05, 0.1) is 11.4 Å². The van der Waals surface area contributed by atoms with Crippen LogP contribution in [0.15, 0.2) is 85.1 Å². The minimum Gasteiger partial charge on any atom is -0.444 e. The Labute approximate surface area is 283 Å². The Bertz CT molecular complexity index is 1750. The summed E-state index contributed by atoms with van der Waals surface area (Å²) in [6, 6.07) is 26.8. The number of ether oxygens (including phenoxy) is 2. The molecule has 2 heterocycles. The lowest BCUT2D eigenvalue weighted by Gasteiger charge is -2.40. The molecule has 2 amide bonds. The summed E-state index contributed by atoms with van der Waals surface area (Å²) >= 11 is 0. The van der Waals surface area contributed by atoms with E-state index in [0.717, 1.165) is 46.0 Å². The van der Waals surface area contributed by atoms with Gasteiger partial charge in [0.1, 0.15) is 5.60 Å². The van der Waals surface area contributed by atoms with Crippen molar-refractivity contribution < 1.29 is 23.9 Å². The lowest BCUT2D eigenvalue weighted by atomic mass is 9.79. The third-order valence-electron chi connectivity index (χ3n) is 9.42. The van der Waals surface area contributed by atoms with Crippen LogP contribution < -0.4 is 0 Å². The van der Waals surface area contributed by atoms with Gasteiger partial charge in [-0.2, -0.15) is 0 Å². The normalized spacial score (nSPS) is 18.1.